The molecule has 256 valence electrons. The van der Waals surface area contributed by atoms with E-state index in [1.54, 1.807) is 121 Å². The van der Waals surface area contributed by atoms with Crippen molar-refractivity contribution in [3.05, 3.63) is 154 Å². The summed E-state index contributed by atoms with van der Waals surface area (Å²) in [6, 6.07) is 36.0. The van der Waals surface area contributed by atoms with Crippen LogP contribution in [0, 0.1) is 0 Å². The van der Waals surface area contributed by atoms with Gasteiger partial charge in [0, 0.05) is 22.7 Å². The molecule has 4 N–H and O–H groups in total. The maximum absolute atomic E-state index is 13.5. The number of halogens is 4. The summed E-state index contributed by atoms with van der Waals surface area (Å²) in [5.41, 5.74) is 5.11. The largest absolute Gasteiger partial charge is 0.323 e. The third kappa shape index (κ3) is 8.83. The van der Waals surface area contributed by atoms with Crippen molar-refractivity contribution in [1.29, 1.82) is 0 Å². The number of hydrogen-bond donors (Lipinski definition) is 4. The van der Waals surface area contributed by atoms with E-state index in [9.17, 15) is 18.0 Å². The average Bonchev–Trinajstić information content (AvgIpc) is 3.12. The van der Waals surface area contributed by atoms with Gasteiger partial charge in [-0.05, 0) is 107 Å². The molecule has 0 radical (unpaired) electrons. The Hall–Kier alpha value is -5.03. The van der Waals surface area contributed by atoms with Gasteiger partial charge in [-0.15, -0.1) is 0 Å². The molecule has 0 aliphatic rings. The molecular formula is C38H26Cl4N4O4S. The number of carbonyl (C=O) groups excluding carboxylic acids is 2. The monoisotopic (exact) mass is 774 g/mol. The fourth-order valence-corrected chi connectivity index (χ4v) is 6.93. The smallest absolute Gasteiger partial charge is 0.308 e. The lowest BCUT2D eigenvalue weighted by atomic mass is 10.1. The Kier molecular flexibility index (Phi) is 10.9. The predicted molar refractivity (Wildman–Crippen MR) is 207 cm³/mol. The van der Waals surface area contributed by atoms with Crippen LogP contribution in [0.1, 0.15) is 0 Å². The molecule has 0 aliphatic heterocycles. The van der Waals surface area contributed by atoms with Crippen molar-refractivity contribution in [1.82, 2.24) is 0 Å². The van der Waals surface area contributed by atoms with Gasteiger partial charge >= 0.3 is 12.1 Å². The Morgan fingerprint density at radius 3 is 1.10 bits per heavy atom. The molecule has 8 nitrogen and oxygen atoms in total. The van der Waals surface area contributed by atoms with Crippen molar-refractivity contribution in [3.8, 4) is 22.3 Å². The van der Waals surface area contributed by atoms with Crippen LogP contribution in [-0.2, 0) is 9.84 Å². The minimum atomic E-state index is -3.82. The lowest BCUT2D eigenvalue weighted by Crippen LogP contribution is -2.19. The van der Waals surface area contributed by atoms with Gasteiger partial charge in [0.05, 0.1) is 29.9 Å². The normalized spacial score (nSPS) is 11.1. The number of nitrogens with one attached hydrogen (secondary N) is 4. The van der Waals surface area contributed by atoms with Gasteiger partial charge in [0.25, 0.3) is 0 Å². The van der Waals surface area contributed by atoms with Crippen molar-refractivity contribution in [3.63, 3.8) is 0 Å². The standard InChI is InChI=1S/C38H26Cl4N4O4S/c39-33-17-11-29(21-35(33)41)45-37(47)43-27-5-1-3-25(19-27)23-7-13-31(14-8-23)51(49,50)32-15-9-24(10-16-32)26-4-2-6-28(20-26)44-38(48)46-30-12-18-34(40)36(42)22-30/h1-22H,(H2,43,45,47)(H2,44,46,48). The number of sulfone groups is 1. The number of anilines is 4. The van der Waals surface area contributed by atoms with E-state index in [1.165, 1.54) is 0 Å². The van der Waals surface area contributed by atoms with Gasteiger partial charge in [-0.25, -0.2) is 18.0 Å². The number of carbonyl (C=O) groups is 2. The molecule has 0 saturated carbocycles. The molecular weight excluding hydrogens is 750 g/mol. The van der Waals surface area contributed by atoms with E-state index in [-0.39, 0.29) is 9.79 Å². The minimum Gasteiger partial charge on any atom is -0.308 e. The molecule has 6 aromatic carbocycles. The van der Waals surface area contributed by atoms with Crippen LogP contribution in [0.5, 0.6) is 0 Å². The lowest BCUT2D eigenvalue weighted by molar-refractivity contribution is 0.261. The molecule has 13 heteroatoms. The van der Waals surface area contributed by atoms with Crippen LogP contribution in [-0.4, -0.2) is 20.5 Å². The zero-order valence-corrected chi connectivity index (χ0v) is 30.1. The van der Waals surface area contributed by atoms with Crippen LogP contribution in [0.2, 0.25) is 20.1 Å². The molecule has 0 unspecified atom stereocenters. The first-order chi connectivity index (χ1) is 24.4. The summed E-state index contributed by atoms with van der Waals surface area (Å²) >= 11 is 24.0. The molecule has 0 atom stereocenters. The Labute approximate surface area is 314 Å². The van der Waals surface area contributed by atoms with Crippen molar-refractivity contribution in [2.24, 2.45) is 0 Å². The highest BCUT2D eigenvalue weighted by atomic mass is 35.5. The van der Waals surface area contributed by atoms with E-state index in [4.69, 9.17) is 46.4 Å². The van der Waals surface area contributed by atoms with Crippen LogP contribution in [0.3, 0.4) is 0 Å². The third-order valence-electron chi connectivity index (χ3n) is 7.59. The molecule has 6 aromatic rings. The van der Waals surface area contributed by atoms with E-state index < -0.39 is 21.9 Å². The van der Waals surface area contributed by atoms with Crippen molar-refractivity contribution in [2.45, 2.75) is 9.79 Å². The van der Waals surface area contributed by atoms with Gasteiger partial charge in [0.2, 0.25) is 9.84 Å². The number of rotatable bonds is 8. The molecule has 0 bridgehead atoms. The Balaban J connectivity index is 1.10. The maximum atomic E-state index is 13.5. The van der Waals surface area contributed by atoms with Crippen LogP contribution in [0.25, 0.3) is 22.3 Å². The van der Waals surface area contributed by atoms with Crippen LogP contribution >= 0.6 is 46.4 Å². The fourth-order valence-electron chi connectivity index (χ4n) is 5.08. The zero-order chi connectivity index (χ0) is 36.1. The number of urea groups is 2. The highest BCUT2D eigenvalue weighted by Gasteiger charge is 2.18. The topological polar surface area (TPSA) is 116 Å². The molecule has 4 amide bonds. The SMILES string of the molecule is O=C(Nc1cccc(-c2ccc(S(=O)(=O)c3ccc(-c4cccc(NC(=O)Nc5ccc(Cl)c(Cl)c5)c4)cc3)cc2)c1)Nc1ccc(Cl)c(Cl)c1. The summed E-state index contributed by atoms with van der Waals surface area (Å²) in [5, 5.41) is 12.4. The third-order valence-corrected chi connectivity index (χ3v) is 10.9. The van der Waals surface area contributed by atoms with Crippen molar-refractivity contribution < 1.29 is 18.0 Å². The van der Waals surface area contributed by atoms with E-state index >= 15 is 0 Å². The Morgan fingerprint density at radius 2 is 0.745 bits per heavy atom. The highest BCUT2D eigenvalue weighted by Crippen LogP contribution is 2.30. The highest BCUT2D eigenvalue weighted by molar-refractivity contribution is 7.91. The summed E-state index contributed by atoms with van der Waals surface area (Å²) in [4.78, 5) is 25.4. The lowest BCUT2D eigenvalue weighted by Gasteiger charge is -2.11. The van der Waals surface area contributed by atoms with Gasteiger partial charge in [-0.1, -0.05) is 94.9 Å². The van der Waals surface area contributed by atoms with Gasteiger partial charge in [0.15, 0.2) is 0 Å². The van der Waals surface area contributed by atoms with Crippen LogP contribution in [0.4, 0.5) is 32.3 Å². The first-order valence-electron chi connectivity index (χ1n) is 15.2. The molecule has 51 heavy (non-hydrogen) atoms. The van der Waals surface area contributed by atoms with Crippen molar-refractivity contribution >= 4 is 91.1 Å². The van der Waals surface area contributed by atoms with E-state index in [0.717, 1.165) is 22.3 Å². The summed E-state index contributed by atoms with van der Waals surface area (Å²) < 4.78 is 27.0. The fraction of sp³-hybridized carbons (Fsp3) is 0. The van der Waals surface area contributed by atoms with Gasteiger partial charge in [-0.2, -0.15) is 0 Å². The molecule has 0 spiro atoms. The molecule has 0 saturated heterocycles. The summed E-state index contributed by atoms with van der Waals surface area (Å²) in [5.74, 6) is 0. The van der Waals surface area contributed by atoms with Crippen LogP contribution in [0.15, 0.2) is 143 Å². The van der Waals surface area contributed by atoms with Gasteiger partial charge < -0.3 is 21.3 Å². The first-order valence-corrected chi connectivity index (χ1v) is 18.2. The van der Waals surface area contributed by atoms with Crippen molar-refractivity contribution in [2.75, 3.05) is 21.3 Å². The Morgan fingerprint density at radius 1 is 0.392 bits per heavy atom. The second kappa shape index (κ2) is 15.5. The molecule has 0 heterocycles. The second-order valence-electron chi connectivity index (χ2n) is 11.1. The maximum Gasteiger partial charge on any atom is 0.323 e. The zero-order valence-electron chi connectivity index (χ0n) is 26.3. The molecule has 6 rings (SSSR count). The van der Waals surface area contributed by atoms with E-state index in [0.29, 0.717) is 42.8 Å². The van der Waals surface area contributed by atoms with E-state index in [1.807, 2.05) is 12.1 Å². The van der Waals surface area contributed by atoms with Crippen LogP contribution < -0.4 is 21.3 Å². The predicted octanol–water partition coefficient (Wildman–Crippen LogP) is 11.8. The van der Waals surface area contributed by atoms with E-state index in [2.05, 4.69) is 21.3 Å². The number of benzene rings is 6. The quantitative estimate of drug-likeness (QED) is 0.123. The van der Waals surface area contributed by atoms with Gasteiger partial charge in [0.1, 0.15) is 0 Å². The number of amides is 4. The summed E-state index contributed by atoms with van der Waals surface area (Å²) in [7, 11) is -3.82. The minimum absolute atomic E-state index is 0.133. The summed E-state index contributed by atoms with van der Waals surface area (Å²) in [6.07, 6.45) is 0. The molecule has 0 aliphatic carbocycles. The Bertz CT molecular complexity index is 2210. The second-order valence-corrected chi connectivity index (χ2v) is 14.7. The average molecular weight is 777 g/mol. The summed E-state index contributed by atoms with van der Waals surface area (Å²) in [6.45, 7) is 0. The number of hydrogen-bond acceptors (Lipinski definition) is 4. The van der Waals surface area contributed by atoms with Gasteiger partial charge in [-0.3, -0.25) is 0 Å². The molecule has 0 aromatic heterocycles. The molecule has 0 fully saturated rings. The first kappa shape index (κ1) is 35.8.